The minimum Gasteiger partial charge on any atom is -0.361 e. The molecule has 0 bridgehead atoms. The highest BCUT2D eigenvalue weighted by Gasteiger charge is 2.08. The van der Waals surface area contributed by atoms with E-state index in [0.29, 0.717) is 50.6 Å². The van der Waals surface area contributed by atoms with Crippen LogP contribution < -0.4 is 26.6 Å². The molecule has 2 aromatic heterocycles. The van der Waals surface area contributed by atoms with Gasteiger partial charge in [-0.05, 0) is 18.1 Å². The largest absolute Gasteiger partial charge is 0.361 e. The molecule has 0 spiro atoms. The van der Waals surface area contributed by atoms with Gasteiger partial charge < -0.3 is 31.6 Å². The summed E-state index contributed by atoms with van der Waals surface area (Å²) in [4.78, 5) is 38.5. The van der Waals surface area contributed by atoms with E-state index in [1.807, 2.05) is 18.3 Å². The summed E-state index contributed by atoms with van der Waals surface area (Å²) in [6.07, 6.45) is 2.82. The highest BCUT2D eigenvalue weighted by Crippen LogP contribution is 2.18. The number of nitrogens with one attached hydrogen (secondary N) is 6. The van der Waals surface area contributed by atoms with Crippen molar-refractivity contribution in [3.8, 4) is 0 Å². The molecule has 0 unspecified atom stereocenters. The summed E-state index contributed by atoms with van der Waals surface area (Å²) in [6, 6.07) is 8.18. The third-order valence-electron chi connectivity index (χ3n) is 4.55. The molecule has 0 atom stereocenters. The zero-order chi connectivity index (χ0) is 22.8. The third-order valence-corrected chi connectivity index (χ3v) is 4.55. The fraction of sp³-hybridized carbons (Fsp3) is 0.381. The Morgan fingerprint density at radius 2 is 1.31 bits per heavy atom. The van der Waals surface area contributed by atoms with Crippen LogP contribution in [0.25, 0.3) is 10.9 Å². The molecular weight excluding hydrogens is 410 g/mol. The number of H-pyrrole nitrogens is 1. The maximum Gasteiger partial charge on any atom is 0.229 e. The second-order valence-electron chi connectivity index (χ2n) is 7.16. The van der Waals surface area contributed by atoms with Crippen LogP contribution in [0.2, 0.25) is 0 Å². The first kappa shape index (κ1) is 22.8. The lowest BCUT2D eigenvalue weighted by molar-refractivity contribution is -0.119. The second kappa shape index (κ2) is 11.5. The number of nitrogens with zero attached hydrogens (tertiary/aromatic N) is 3. The molecule has 3 rings (SSSR count). The molecule has 1 aromatic carbocycles. The Balaban J connectivity index is 1.60. The standard InChI is InChI=1S/C21H29N9O2/c1-14(31)22-9-11-25-20-28-19(29-21(30-20)26-12-10-23-15(2)32)24-8-7-16-13-27-18-6-4-3-5-17(16)18/h3-6,13,27H,7-12H2,1-2H3,(H,22,31)(H,23,32)(H3,24,25,26,28,29,30). The minimum atomic E-state index is -0.0950. The molecule has 0 aliphatic rings. The van der Waals surface area contributed by atoms with Gasteiger partial charge in [0.1, 0.15) is 0 Å². The number of hydrogen-bond acceptors (Lipinski definition) is 8. The predicted octanol–water partition coefficient (Wildman–Crippen LogP) is 1.10. The average molecular weight is 440 g/mol. The molecule has 32 heavy (non-hydrogen) atoms. The SMILES string of the molecule is CC(=O)NCCNc1nc(NCCNC(C)=O)nc(NCCc2c[nH]c3ccccc23)n1. The van der Waals surface area contributed by atoms with Crippen LogP contribution in [0.3, 0.4) is 0 Å². The van der Waals surface area contributed by atoms with Gasteiger partial charge in [-0.1, -0.05) is 18.2 Å². The summed E-state index contributed by atoms with van der Waals surface area (Å²) >= 11 is 0. The Morgan fingerprint density at radius 1 is 0.781 bits per heavy atom. The number of aromatic nitrogens is 4. The van der Waals surface area contributed by atoms with Crippen LogP contribution in [-0.2, 0) is 16.0 Å². The van der Waals surface area contributed by atoms with Crippen LogP contribution in [-0.4, -0.2) is 64.5 Å². The van der Waals surface area contributed by atoms with Crippen molar-refractivity contribution >= 4 is 40.6 Å². The molecule has 0 fully saturated rings. The van der Waals surface area contributed by atoms with E-state index in [1.54, 1.807) is 0 Å². The fourth-order valence-corrected chi connectivity index (χ4v) is 3.09. The number of benzene rings is 1. The summed E-state index contributed by atoms with van der Waals surface area (Å²) < 4.78 is 0. The maximum absolute atomic E-state index is 11.0. The van der Waals surface area contributed by atoms with Gasteiger partial charge >= 0.3 is 0 Å². The van der Waals surface area contributed by atoms with Gasteiger partial charge in [0, 0.05) is 63.7 Å². The Morgan fingerprint density at radius 3 is 1.88 bits per heavy atom. The topological polar surface area (TPSA) is 149 Å². The van der Waals surface area contributed by atoms with Gasteiger partial charge in [-0.2, -0.15) is 15.0 Å². The van der Waals surface area contributed by atoms with Crippen molar-refractivity contribution < 1.29 is 9.59 Å². The minimum absolute atomic E-state index is 0.0950. The normalized spacial score (nSPS) is 10.6. The molecule has 11 nitrogen and oxygen atoms in total. The number of hydrogen-bond donors (Lipinski definition) is 6. The van der Waals surface area contributed by atoms with Gasteiger partial charge in [0.2, 0.25) is 29.7 Å². The highest BCUT2D eigenvalue weighted by molar-refractivity contribution is 5.83. The number of rotatable bonds is 12. The molecule has 0 aliphatic carbocycles. The lowest BCUT2D eigenvalue weighted by Crippen LogP contribution is -2.28. The van der Waals surface area contributed by atoms with Crippen LogP contribution in [0.5, 0.6) is 0 Å². The Bertz CT molecular complexity index is 1010. The number of fused-ring (bicyclic) bond motifs is 1. The van der Waals surface area contributed by atoms with Gasteiger partial charge in [-0.15, -0.1) is 0 Å². The van der Waals surface area contributed by atoms with Crippen LogP contribution in [0.1, 0.15) is 19.4 Å². The van der Waals surface area contributed by atoms with Crippen molar-refractivity contribution in [2.45, 2.75) is 20.3 Å². The van der Waals surface area contributed by atoms with Crippen molar-refractivity contribution in [2.24, 2.45) is 0 Å². The quantitative estimate of drug-likeness (QED) is 0.230. The first-order chi connectivity index (χ1) is 15.5. The molecule has 3 aromatic rings. The number of para-hydroxylation sites is 1. The van der Waals surface area contributed by atoms with E-state index in [-0.39, 0.29) is 11.8 Å². The molecule has 0 saturated heterocycles. The molecule has 2 amide bonds. The molecule has 2 heterocycles. The zero-order valence-electron chi connectivity index (χ0n) is 18.3. The predicted molar refractivity (Wildman–Crippen MR) is 125 cm³/mol. The molecular formula is C21H29N9O2. The summed E-state index contributed by atoms with van der Waals surface area (Å²) in [7, 11) is 0. The fourth-order valence-electron chi connectivity index (χ4n) is 3.09. The van der Waals surface area contributed by atoms with Crippen molar-refractivity contribution in [3.63, 3.8) is 0 Å². The zero-order valence-corrected chi connectivity index (χ0v) is 18.3. The Labute approximate surface area is 186 Å². The highest BCUT2D eigenvalue weighted by atomic mass is 16.2. The first-order valence-corrected chi connectivity index (χ1v) is 10.5. The second-order valence-corrected chi connectivity index (χ2v) is 7.16. The number of anilines is 3. The molecule has 170 valence electrons. The van der Waals surface area contributed by atoms with Crippen LogP contribution in [0, 0.1) is 0 Å². The van der Waals surface area contributed by atoms with Gasteiger partial charge in [0.25, 0.3) is 0 Å². The summed E-state index contributed by atoms with van der Waals surface area (Å²) in [5.41, 5.74) is 2.32. The number of aromatic amines is 1. The summed E-state index contributed by atoms with van der Waals surface area (Å²) in [5, 5.41) is 16.1. The third kappa shape index (κ3) is 7.11. The van der Waals surface area contributed by atoms with E-state index in [9.17, 15) is 9.59 Å². The van der Waals surface area contributed by atoms with Gasteiger partial charge in [0.05, 0.1) is 0 Å². The van der Waals surface area contributed by atoms with Gasteiger partial charge in [-0.25, -0.2) is 0 Å². The Hall–Kier alpha value is -3.89. The number of carbonyl (C=O) groups is 2. The lowest BCUT2D eigenvalue weighted by Gasteiger charge is -2.11. The van der Waals surface area contributed by atoms with Gasteiger partial charge in [-0.3, -0.25) is 9.59 Å². The van der Waals surface area contributed by atoms with E-state index in [1.165, 1.54) is 24.8 Å². The average Bonchev–Trinajstić information content (AvgIpc) is 3.17. The van der Waals surface area contributed by atoms with E-state index in [0.717, 1.165) is 11.9 Å². The summed E-state index contributed by atoms with van der Waals surface area (Å²) in [5.74, 6) is 1.03. The van der Waals surface area contributed by atoms with Crippen LogP contribution in [0.4, 0.5) is 17.8 Å². The molecule has 0 saturated carbocycles. The van der Waals surface area contributed by atoms with Gasteiger partial charge in [0.15, 0.2) is 0 Å². The summed E-state index contributed by atoms with van der Waals surface area (Å²) in [6.45, 7) is 5.44. The number of amides is 2. The van der Waals surface area contributed by atoms with Crippen LogP contribution in [0.15, 0.2) is 30.5 Å². The first-order valence-electron chi connectivity index (χ1n) is 10.5. The monoisotopic (exact) mass is 439 g/mol. The van der Waals surface area contributed by atoms with Crippen molar-refractivity contribution in [2.75, 3.05) is 48.7 Å². The van der Waals surface area contributed by atoms with Crippen molar-refractivity contribution in [1.82, 2.24) is 30.6 Å². The Kier molecular flexibility index (Phi) is 8.18. The van der Waals surface area contributed by atoms with E-state index in [4.69, 9.17) is 0 Å². The maximum atomic E-state index is 11.0. The van der Waals surface area contributed by atoms with E-state index in [2.05, 4.69) is 58.7 Å². The molecule has 0 aliphatic heterocycles. The van der Waals surface area contributed by atoms with E-state index < -0.39 is 0 Å². The van der Waals surface area contributed by atoms with Crippen molar-refractivity contribution in [3.05, 3.63) is 36.0 Å². The van der Waals surface area contributed by atoms with E-state index >= 15 is 0 Å². The molecule has 11 heteroatoms. The molecule has 0 radical (unpaired) electrons. The van der Waals surface area contributed by atoms with Crippen molar-refractivity contribution in [1.29, 1.82) is 0 Å². The van der Waals surface area contributed by atoms with Crippen LogP contribution >= 0.6 is 0 Å². The molecule has 6 N–H and O–H groups in total. The lowest BCUT2D eigenvalue weighted by atomic mass is 10.1. The number of carbonyl (C=O) groups excluding carboxylic acids is 2. The smallest absolute Gasteiger partial charge is 0.229 e.